The van der Waals surface area contributed by atoms with E-state index in [0.717, 1.165) is 17.9 Å². The second-order valence-electron chi connectivity index (χ2n) is 4.63. The number of benzene rings is 1. The van der Waals surface area contributed by atoms with Crippen molar-refractivity contribution in [2.24, 2.45) is 11.8 Å². The van der Waals surface area contributed by atoms with Crippen LogP contribution in [0.15, 0.2) is 24.3 Å². The Bertz CT molecular complexity index is 311. The maximum atomic E-state index is 9.37. The Morgan fingerprint density at radius 1 is 1.38 bits per heavy atom. The number of hydrogen-bond donors (Lipinski definition) is 1. The van der Waals surface area contributed by atoms with E-state index in [-0.39, 0.29) is 6.61 Å². The first-order valence-electron chi connectivity index (χ1n) is 6.01. The molecule has 0 saturated heterocycles. The first-order chi connectivity index (χ1) is 7.65. The summed E-state index contributed by atoms with van der Waals surface area (Å²) in [7, 11) is 0. The Kier molecular flexibility index (Phi) is 5.86. The minimum Gasteiger partial charge on any atom is -0.396 e. The van der Waals surface area contributed by atoms with Gasteiger partial charge >= 0.3 is 0 Å². The molecule has 0 spiro atoms. The SMILES string of the molecule is CCC(C)CC(CO)Cc1cccc(Cl)c1. The predicted molar refractivity (Wildman–Crippen MR) is 69.8 cm³/mol. The highest BCUT2D eigenvalue weighted by Crippen LogP contribution is 2.20. The molecule has 0 aliphatic heterocycles. The molecule has 90 valence electrons. The normalized spacial score (nSPS) is 14.8. The summed E-state index contributed by atoms with van der Waals surface area (Å²) in [5, 5.41) is 10.1. The molecular weight excluding hydrogens is 220 g/mol. The fraction of sp³-hybridized carbons (Fsp3) is 0.571. The average molecular weight is 241 g/mol. The maximum Gasteiger partial charge on any atom is 0.0462 e. The third-order valence-electron chi connectivity index (χ3n) is 3.10. The van der Waals surface area contributed by atoms with Gasteiger partial charge in [-0.25, -0.2) is 0 Å². The monoisotopic (exact) mass is 240 g/mol. The molecule has 0 bridgehead atoms. The van der Waals surface area contributed by atoms with E-state index in [0.29, 0.717) is 11.8 Å². The summed E-state index contributed by atoms with van der Waals surface area (Å²) in [6.07, 6.45) is 3.17. The van der Waals surface area contributed by atoms with Crippen molar-refractivity contribution in [3.63, 3.8) is 0 Å². The van der Waals surface area contributed by atoms with Gasteiger partial charge in [-0.1, -0.05) is 44.0 Å². The molecule has 0 aliphatic rings. The Hall–Kier alpha value is -0.530. The Balaban J connectivity index is 2.56. The molecule has 0 heterocycles. The van der Waals surface area contributed by atoms with E-state index in [1.165, 1.54) is 12.0 Å². The van der Waals surface area contributed by atoms with Gasteiger partial charge in [0.25, 0.3) is 0 Å². The van der Waals surface area contributed by atoms with E-state index in [2.05, 4.69) is 19.9 Å². The summed E-state index contributed by atoms with van der Waals surface area (Å²) in [5.41, 5.74) is 1.22. The minimum atomic E-state index is 0.261. The highest BCUT2D eigenvalue weighted by molar-refractivity contribution is 6.30. The van der Waals surface area contributed by atoms with Crippen molar-refractivity contribution in [1.29, 1.82) is 0 Å². The van der Waals surface area contributed by atoms with Gasteiger partial charge in [0.1, 0.15) is 0 Å². The van der Waals surface area contributed by atoms with Crippen LogP contribution in [0.4, 0.5) is 0 Å². The summed E-state index contributed by atoms with van der Waals surface area (Å²) in [4.78, 5) is 0. The van der Waals surface area contributed by atoms with Crippen molar-refractivity contribution in [3.8, 4) is 0 Å². The molecule has 1 nitrogen and oxygen atoms in total. The van der Waals surface area contributed by atoms with Crippen LogP contribution in [0.1, 0.15) is 32.3 Å². The third kappa shape index (κ3) is 4.54. The molecule has 1 rings (SSSR count). The van der Waals surface area contributed by atoms with Crippen LogP contribution in [0, 0.1) is 11.8 Å². The summed E-state index contributed by atoms with van der Waals surface area (Å²) >= 11 is 5.94. The number of hydrogen-bond acceptors (Lipinski definition) is 1. The summed E-state index contributed by atoms with van der Waals surface area (Å²) in [6, 6.07) is 7.91. The summed E-state index contributed by atoms with van der Waals surface area (Å²) in [6.45, 7) is 4.69. The van der Waals surface area contributed by atoms with Crippen molar-refractivity contribution in [2.75, 3.05) is 6.61 Å². The van der Waals surface area contributed by atoms with Gasteiger partial charge in [-0.3, -0.25) is 0 Å². The molecule has 16 heavy (non-hydrogen) atoms. The molecule has 0 amide bonds. The van der Waals surface area contributed by atoms with Crippen LogP contribution in [-0.4, -0.2) is 11.7 Å². The van der Waals surface area contributed by atoms with Crippen LogP contribution < -0.4 is 0 Å². The summed E-state index contributed by atoms with van der Waals surface area (Å²) < 4.78 is 0. The lowest BCUT2D eigenvalue weighted by atomic mass is 9.90. The average Bonchev–Trinajstić information content (AvgIpc) is 2.28. The van der Waals surface area contributed by atoms with Crippen LogP contribution in [0.3, 0.4) is 0 Å². The van der Waals surface area contributed by atoms with Crippen molar-refractivity contribution >= 4 is 11.6 Å². The molecule has 0 fully saturated rings. The first kappa shape index (κ1) is 13.5. The number of aliphatic hydroxyl groups excluding tert-OH is 1. The van der Waals surface area contributed by atoms with Crippen LogP contribution in [0.25, 0.3) is 0 Å². The molecule has 0 radical (unpaired) electrons. The topological polar surface area (TPSA) is 20.2 Å². The molecule has 1 aromatic carbocycles. The Labute approximate surface area is 103 Å². The van der Waals surface area contributed by atoms with Gasteiger partial charge in [0.15, 0.2) is 0 Å². The maximum absolute atomic E-state index is 9.37. The zero-order valence-electron chi connectivity index (χ0n) is 10.1. The molecule has 1 aromatic rings. The van der Waals surface area contributed by atoms with Crippen molar-refractivity contribution in [3.05, 3.63) is 34.9 Å². The molecular formula is C14H21ClO. The van der Waals surface area contributed by atoms with Crippen molar-refractivity contribution in [1.82, 2.24) is 0 Å². The van der Waals surface area contributed by atoms with Gasteiger partial charge in [0.05, 0.1) is 0 Å². The smallest absolute Gasteiger partial charge is 0.0462 e. The molecule has 2 unspecified atom stereocenters. The van der Waals surface area contributed by atoms with Crippen LogP contribution >= 0.6 is 11.6 Å². The van der Waals surface area contributed by atoms with Crippen LogP contribution in [0.2, 0.25) is 5.02 Å². The van der Waals surface area contributed by atoms with E-state index in [4.69, 9.17) is 11.6 Å². The molecule has 2 heteroatoms. The highest BCUT2D eigenvalue weighted by atomic mass is 35.5. The van der Waals surface area contributed by atoms with Crippen LogP contribution in [0.5, 0.6) is 0 Å². The minimum absolute atomic E-state index is 0.261. The van der Waals surface area contributed by atoms with E-state index < -0.39 is 0 Å². The van der Waals surface area contributed by atoms with Gasteiger partial charge in [0.2, 0.25) is 0 Å². The lowest BCUT2D eigenvalue weighted by molar-refractivity contribution is 0.201. The molecule has 2 atom stereocenters. The molecule has 0 aliphatic carbocycles. The second-order valence-corrected chi connectivity index (χ2v) is 5.07. The van der Waals surface area contributed by atoms with E-state index >= 15 is 0 Å². The number of aliphatic hydroxyl groups is 1. The van der Waals surface area contributed by atoms with E-state index in [9.17, 15) is 5.11 Å². The number of halogens is 1. The van der Waals surface area contributed by atoms with Crippen molar-refractivity contribution < 1.29 is 5.11 Å². The van der Waals surface area contributed by atoms with Gasteiger partial charge in [-0.2, -0.15) is 0 Å². The van der Waals surface area contributed by atoms with Gasteiger partial charge in [-0.05, 0) is 42.4 Å². The number of rotatable bonds is 6. The fourth-order valence-corrected chi connectivity index (χ4v) is 2.17. The van der Waals surface area contributed by atoms with Crippen LogP contribution in [-0.2, 0) is 6.42 Å². The Morgan fingerprint density at radius 3 is 2.69 bits per heavy atom. The Morgan fingerprint density at radius 2 is 2.12 bits per heavy atom. The quantitative estimate of drug-likeness (QED) is 0.799. The van der Waals surface area contributed by atoms with Gasteiger partial charge in [-0.15, -0.1) is 0 Å². The predicted octanol–water partition coefficient (Wildman–Crippen LogP) is 3.93. The largest absolute Gasteiger partial charge is 0.396 e. The molecule has 0 saturated carbocycles. The second kappa shape index (κ2) is 6.93. The standard InChI is InChI=1S/C14H21ClO/c1-3-11(2)7-13(10-16)8-12-5-4-6-14(15)9-12/h4-6,9,11,13,16H,3,7-8,10H2,1-2H3. The zero-order chi connectivity index (χ0) is 12.0. The fourth-order valence-electron chi connectivity index (χ4n) is 1.96. The lowest BCUT2D eigenvalue weighted by Gasteiger charge is -2.18. The third-order valence-corrected chi connectivity index (χ3v) is 3.34. The van der Waals surface area contributed by atoms with Crippen molar-refractivity contribution in [2.45, 2.75) is 33.1 Å². The van der Waals surface area contributed by atoms with Gasteiger partial charge in [0, 0.05) is 11.6 Å². The van der Waals surface area contributed by atoms with E-state index in [1.807, 2.05) is 18.2 Å². The highest BCUT2D eigenvalue weighted by Gasteiger charge is 2.12. The lowest BCUT2D eigenvalue weighted by Crippen LogP contribution is -2.13. The summed E-state index contributed by atoms with van der Waals surface area (Å²) in [5.74, 6) is 1.03. The molecule has 1 N–H and O–H groups in total. The van der Waals surface area contributed by atoms with E-state index in [1.54, 1.807) is 0 Å². The first-order valence-corrected chi connectivity index (χ1v) is 6.38. The van der Waals surface area contributed by atoms with Gasteiger partial charge < -0.3 is 5.11 Å². The molecule has 0 aromatic heterocycles. The zero-order valence-corrected chi connectivity index (χ0v) is 10.9.